The van der Waals surface area contributed by atoms with Gasteiger partial charge in [0.05, 0.1) is 16.6 Å². The Morgan fingerprint density at radius 2 is 1.56 bits per heavy atom. The number of likely N-dealkylation sites (tertiary alicyclic amines) is 1. The summed E-state index contributed by atoms with van der Waals surface area (Å²) in [4.78, 5) is 37.3. The van der Waals surface area contributed by atoms with Gasteiger partial charge >= 0.3 is 24.3 Å². The third-order valence-electron chi connectivity index (χ3n) is 6.42. The monoisotopic (exact) mass is 583 g/mol. The number of piperidine rings is 1. The summed E-state index contributed by atoms with van der Waals surface area (Å²) in [6.07, 6.45) is -6.96. The number of hydrogen-bond donors (Lipinski definition) is 3. The average Bonchev–Trinajstić information content (AvgIpc) is 3.41. The molecular formula is C24H27F6N3O5S. The number of carboxylic acids is 2. The number of amides is 1. The Kier molecular flexibility index (Phi) is 10.5. The molecule has 2 aromatic rings. The number of carboxylic acid groups (broad SMARTS) is 2. The summed E-state index contributed by atoms with van der Waals surface area (Å²) in [5.41, 5.74) is 4.01. The molecule has 4 rings (SSSR count). The molecule has 1 aromatic carbocycles. The summed E-state index contributed by atoms with van der Waals surface area (Å²) in [5.74, 6) is -5.35. The molecule has 1 aliphatic carbocycles. The standard InChI is InChI=1S/C20H25N3OS.2C2HF3O2/c1-14-22-15(13-25-14)12-23-9-7-20(8-10-23)11-17(19(24)21-2)16-5-3-4-6-18(16)20;2*3-2(4,5)1(6)7/h3-6,13,17H,7-12H2,1-2H3,(H,21,24);2*(H,6,7). The van der Waals surface area contributed by atoms with E-state index in [-0.39, 0.29) is 17.2 Å². The van der Waals surface area contributed by atoms with E-state index in [1.54, 1.807) is 18.4 Å². The van der Waals surface area contributed by atoms with E-state index in [9.17, 15) is 31.1 Å². The van der Waals surface area contributed by atoms with Crippen molar-refractivity contribution >= 4 is 29.2 Å². The summed E-state index contributed by atoms with van der Waals surface area (Å²) < 4.78 is 63.5. The van der Waals surface area contributed by atoms with Crippen molar-refractivity contribution in [3.05, 3.63) is 51.5 Å². The van der Waals surface area contributed by atoms with Crippen molar-refractivity contribution in [2.75, 3.05) is 20.1 Å². The number of aryl methyl sites for hydroxylation is 1. The molecule has 216 valence electrons. The third kappa shape index (κ3) is 8.65. The molecule has 2 heterocycles. The Hall–Kier alpha value is -3.20. The van der Waals surface area contributed by atoms with Crippen molar-refractivity contribution in [2.45, 2.75) is 56.4 Å². The quantitative estimate of drug-likeness (QED) is 0.456. The highest BCUT2D eigenvalue weighted by atomic mass is 32.1. The molecule has 1 aromatic heterocycles. The Balaban J connectivity index is 0.000000317. The first-order valence-corrected chi connectivity index (χ1v) is 12.4. The minimum absolute atomic E-state index is 0.00828. The van der Waals surface area contributed by atoms with Gasteiger partial charge in [0.15, 0.2) is 0 Å². The number of fused-ring (bicyclic) bond motifs is 2. The zero-order valence-electron chi connectivity index (χ0n) is 20.9. The first-order chi connectivity index (χ1) is 18.0. The van der Waals surface area contributed by atoms with Gasteiger partial charge in [0, 0.05) is 19.0 Å². The molecule has 0 radical (unpaired) electrons. The van der Waals surface area contributed by atoms with Gasteiger partial charge in [-0.05, 0) is 55.8 Å². The van der Waals surface area contributed by atoms with E-state index in [0.717, 1.165) is 43.9 Å². The zero-order valence-corrected chi connectivity index (χ0v) is 21.7. The average molecular weight is 584 g/mol. The van der Waals surface area contributed by atoms with Crippen LogP contribution in [0.1, 0.15) is 47.0 Å². The lowest BCUT2D eigenvalue weighted by Crippen LogP contribution is -2.41. The van der Waals surface area contributed by atoms with Gasteiger partial charge in [-0.25, -0.2) is 14.6 Å². The fourth-order valence-corrected chi connectivity index (χ4v) is 5.23. The number of nitrogens with one attached hydrogen (secondary N) is 1. The first-order valence-electron chi connectivity index (χ1n) is 11.5. The van der Waals surface area contributed by atoms with Crippen molar-refractivity contribution in [3.63, 3.8) is 0 Å². The molecule has 39 heavy (non-hydrogen) atoms. The van der Waals surface area contributed by atoms with Crippen molar-refractivity contribution < 1.29 is 50.9 Å². The number of nitrogens with zero attached hydrogens (tertiary/aromatic N) is 2. The number of hydrogen-bond acceptors (Lipinski definition) is 6. The van der Waals surface area contributed by atoms with E-state index in [0.29, 0.717) is 0 Å². The van der Waals surface area contributed by atoms with Gasteiger partial charge in [-0.2, -0.15) is 26.3 Å². The Morgan fingerprint density at radius 3 is 2.00 bits per heavy atom. The molecule has 1 fully saturated rings. The second-order valence-electron chi connectivity index (χ2n) is 8.98. The molecule has 0 saturated carbocycles. The van der Waals surface area contributed by atoms with Crippen LogP contribution in [0.15, 0.2) is 29.6 Å². The second-order valence-corrected chi connectivity index (χ2v) is 10.0. The molecule has 0 bridgehead atoms. The number of likely N-dealkylation sites (N-methyl/N-ethyl adjacent to an activating group) is 1. The van der Waals surface area contributed by atoms with E-state index < -0.39 is 24.3 Å². The maximum Gasteiger partial charge on any atom is 0.490 e. The smallest absolute Gasteiger partial charge is 0.475 e. The molecule has 3 N–H and O–H groups in total. The van der Waals surface area contributed by atoms with Crippen molar-refractivity contribution in [3.8, 4) is 0 Å². The molecule has 1 amide bonds. The van der Waals surface area contributed by atoms with E-state index in [2.05, 4.69) is 51.8 Å². The molecule has 1 aliphatic heterocycles. The number of alkyl halides is 6. The van der Waals surface area contributed by atoms with Gasteiger partial charge in [-0.3, -0.25) is 9.69 Å². The van der Waals surface area contributed by atoms with Gasteiger partial charge in [-0.15, -0.1) is 11.3 Å². The highest BCUT2D eigenvalue weighted by molar-refractivity contribution is 7.09. The fraction of sp³-hybridized carbons (Fsp3) is 0.500. The lowest BCUT2D eigenvalue weighted by atomic mass is 9.73. The highest BCUT2D eigenvalue weighted by Crippen LogP contribution is 2.51. The number of halogens is 6. The number of carbonyl (C=O) groups is 3. The van der Waals surface area contributed by atoms with Crippen molar-refractivity contribution in [1.29, 1.82) is 0 Å². The SMILES string of the molecule is CNC(=O)C1CC2(CCN(Cc3csc(C)n3)CC2)c2ccccc21.O=C(O)C(F)(F)F.O=C(O)C(F)(F)F. The number of benzene rings is 1. The predicted octanol–water partition coefficient (Wildman–Crippen LogP) is 4.49. The van der Waals surface area contributed by atoms with Crippen LogP contribution in [-0.4, -0.2) is 70.4 Å². The fourth-order valence-electron chi connectivity index (χ4n) is 4.63. The summed E-state index contributed by atoms with van der Waals surface area (Å²) in [7, 11) is 1.74. The van der Waals surface area contributed by atoms with Gasteiger partial charge in [0.25, 0.3) is 0 Å². The van der Waals surface area contributed by atoms with Crippen LogP contribution in [0.4, 0.5) is 26.3 Å². The third-order valence-corrected chi connectivity index (χ3v) is 7.24. The van der Waals surface area contributed by atoms with Crippen LogP contribution in [0.3, 0.4) is 0 Å². The summed E-state index contributed by atoms with van der Waals surface area (Å²) >= 11 is 1.73. The first kappa shape index (κ1) is 32.0. The molecule has 1 unspecified atom stereocenters. The Labute approximate surface area is 223 Å². The highest BCUT2D eigenvalue weighted by Gasteiger charge is 2.47. The van der Waals surface area contributed by atoms with E-state index >= 15 is 0 Å². The number of aliphatic carboxylic acids is 2. The second kappa shape index (κ2) is 12.8. The van der Waals surface area contributed by atoms with Crippen LogP contribution in [-0.2, 0) is 26.3 Å². The van der Waals surface area contributed by atoms with E-state index in [1.165, 1.54) is 16.8 Å². The molecule has 15 heteroatoms. The predicted molar refractivity (Wildman–Crippen MR) is 128 cm³/mol. The molecular weight excluding hydrogens is 556 g/mol. The minimum atomic E-state index is -5.08. The number of carbonyl (C=O) groups excluding carboxylic acids is 1. The lowest BCUT2D eigenvalue weighted by Gasteiger charge is -2.40. The van der Waals surface area contributed by atoms with Crippen LogP contribution in [0.2, 0.25) is 0 Å². The summed E-state index contributed by atoms with van der Waals surface area (Å²) in [6.45, 7) is 5.16. The summed E-state index contributed by atoms with van der Waals surface area (Å²) in [6, 6.07) is 8.58. The molecule has 1 atom stereocenters. The molecule has 1 saturated heterocycles. The Bertz CT molecular complexity index is 1140. The van der Waals surface area contributed by atoms with Gasteiger partial charge in [0.2, 0.25) is 5.91 Å². The molecule has 2 aliphatic rings. The van der Waals surface area contributed by atoms with Gasteiger partial charge in [-0.1, -0.05) is 24.3 Å². The largest absolute Gasteiger partial charge is 0.490 e. The number of rotatable bonds is 3. The van der Waals surface area contributed by atoms with Crippen LogP contribution < -0.4 is 5.32 Å². The normalized spacial score (nSPS) is 18.2. The van der Waals surface area contributed by atoms with Crippen LogP contribution in [0.5, 0.6) is 0 Å². The zero-order chi connectivity index (χ0) is 29.6. The minimum Gasteiger partial charge on any atom is -0.475 e. The van der Waals surface area contributed by atoms with E-state index in [4.69, 9.17) is 19.8 Å². The molecule has 1 spiro atoms. The van der Waals surface area contributed by atoms with Crippen molar-refractivity contribution in [2.24, 2.45) is 0 Å². The maximum atomic E-state index is 12.4. The van der Waals surface area contributed by atoms with Crippen molar-refractivity contribution in [1.82, 2.24) is 15.2 Å². The number of aromatic nitrogens is 1. The lowest BCUT2D eigenvalue weighted by molar-refractivity contribution is -0.193. The van der Waals surface area contributed by atoms with Crippen LogP contribution in [0, 0.1) is 6.92 Å². The van der Waals surface area contributed by atoms with Gasteiger partial charge < -0.3 is 15.5 Å². The van der Waals surface area contributed by atoms with Gasteiger partial charge in [0.1, 0.15) is 0 Å². The topological polar surface area (TPSA) is 120 Å². The van der Waals surface area contributed by atoms with E-state index in [1.807, 2.05) is 0 Å². The number of thiazole rings is 1. The summed E-state index contributed by atoms with van der Waals surface area (Å²) in [5, 5.41) is 20.4. The van der Waals surface area contributed by atoms with Crippen LogP contribution in [0.25, 0.3) is 0 Å². The Morgan fingerprint density at radius 1 is 1.05 bits per heavy atom. The van der Waals surface area contributed by atoms with Crippen LogP contribution >= 0.6 is 11.3 Å². The maximum absolute atomic E-state index is 12.4. The molecule has 8 nitrogen and oxygen atoms in total.